The monoisotopic (exact) mass is 619 g/mol. The van der Waals surface area contributed by atoms with Crippen LogP contribution in [0.2, 0.25) is 0 Å². The van der Waals surface area contributed by atoms with Gasteiger partial charge in [0.1, 0.15) is 11.9 Å². The number of nitrogens with zero attached hydrogens (tertiary/aromatic N) is 2. The minimum absolute atomic E-state index is 0.137. The van der Waals surface area contributed by atoms with Crippen molar-refractivity contribution < 1.29 is 14.3 Å². The van der Waals surface area contributed by atoms with Crippen molar-refractivity contribution in [1.29, 1.82) is 0 Å². The lowest BCUT2D eigenvalue weighted by Crippen LogP contribution is -2.55. The summed E-state index contributed by atoms with van der Waals surface area (Å²) in [4.78, 5) is 20.3. The maximum atomic E-state index is 13.2. The van der Waals surface area contributed by atoms with Crippen LogP contribution in [-0.4, -0.2) is 48.8 Å². The highest BCUT2D eigenvalue weighted by atomic mass is 16.6. The van der Waals surface area contributed by atoms with Gasteiger partial charge in [0.05, 0.1) is 18.7 Å². The third-order valence-corrected chi connectivity index (χ3v) is 10.3. The van der Waals surface area contributed by atoms with Crippen molar-refractivity contribution in [2.24, 2.45) is 11.8 Å². The van der Waals surface area contributed by atoms with E-state index in [-0.39, 0.29) is 18.2 Å². The third-order valence-electron chi connectivity index (χ3n) is 10.3. The summed E-state index contributed by atoms with van der Waals surface area (Å²) in [6.45, 7) is 9.04. The molecule has 250 valence electrons. The first-order chi connectivity index (χ1) is 22.1. The molecular formula is C39H61N3O3. The Hall–Kier alpha value is -2.60. The van der Waals surface area contributed by atoms with Crippen molar-refractivity contribution in [2.75, 3.05) is 26.7 Å². The SMILES string of the molecule is C=C[C@H]1CN2CC[C@H]1C[C@H]2[C@H](OC(=O)NCCCCCCCCCCCCCCCCCC)c1ccnc2ccc(OC)cc12. The van der Waals surface area contributed by atoms with Gasteiger partial charge in [0.2, 0.25) is 0 Å². The summed E-state index contributed by atoms with van der Waals surface area (Å²) in [5, 5.41) is 4.05. The van der Waals surface area contributed by atoms with Gasteiger partial charge in [0.25, 0.3) is 0 Å². The minimum atomic E-state index is -0.373. The number of hydrogen-bond donors (Lipinski definition) is 1. The van der Waals surface area contributed by atoms with Gasteiger partial charge in [0, 0.05) is 30.2 Å². The van der Waals surface area contributed by atoms with E-state index in [0.717, 1.165) is 54.6 Å². The molecule has 1 unspecified atom stereocenters. The van der Waals surface area contributed by atoms with Gasteiger partial charge in [-0.1, -0.05) is 109 Å². The summed E-state index contributed by atoms with van der Waals surface area (Å²) >= 11 is 0. The molecule has 0 saturated carbocycles. The number of alkyl carbamates (subject to hydrolysis) is 1. The lowest BCUT2D eigenvalue weighted by molar-refractivity contribution is -0.0497. The van der Waals surface area contributed by atoms with Crippen molar-refractivity contribution in [2.45, 2.75) is 135 Å². The van der Waals surface area contributed by atoms with Crippen molar-refractivity contribution in [3.05, 3.63) is 48.7 Å². The molecule has 1 aromatic carbocycles. The van der Waals surface area contributed by atoms with E-state index < -0.39 is 0 Å². The van der Waals surface area contributed by atoms with E-state index in [4.69, 9.17) is 9.47 Å². The van der Waals surface area contributed by atoms with Crippen LogP contribution >= 0.6 is 0 Å². The van der Waals surface area contributed by atoms with Crippen molar-refractivity contribution >= 4 is 17.0 Å². The number of pyridine rings is 1. The molecule has 3 fully saturated rings. The molecule has 6 nitrogen and oxygen atoms in total. The Morgan fingerprint density at radius 2 is 1.62 bits per heavy atom. The number of piperidine rings is 3. The van der Waals surface area contributed by atoms with Crippen LogP contribution in [0.3, 0.4) is 0 Å². The highest BCUT2D eigenvalue weighted by Crippen LogP contribution is 2.43. The molecule has 3 aliphatic heterocycles. The number of amides is 1. The first-order valence-corrected chi connectivity index (χ1v) is 18.4. The molecule has 0 radical (unpaired) electrons. The second-order valence-electron chi connectivity index (χ2n) is 13.6. The second kappa shape index (κ2) is 19.8. The topological polar surface area (TPSA) is 63.7 Å². The molecule has 2 bridgehead atoms. The van der Waals surface area contributed by atoms with Gasteiger partial charge < -0.3 is 14.8 Å². The van der Waals surface area contributed by atoms with E-state index >= 15 is 0 Å². The quantitative estimate of drug-likeness (QED) is 0.105. The van der Waals surface area contributed by atoms with Gasteiger partial charge in [-0.2, -0.15) is 0 Å². The van der Waals surface area contributed by atoms with Crippen LogP contribution in [0, 0.1) is 11.8 Å². The fourth-order valence-corrected chi connectivity index (χ4v) is 7.58. The summed E-state index contributed by atoms with van der Waals surface area (Å²) in [6.07, 6.45) is 26.9. The van der Waals surface area contributed by atoms with Crippen LogP contribution in [0.25, 0.3) is 10.9 Å². The van der Waals surface area contributed by atoms with Crippen molar-refractivity contribution in [3.8, 4) is 5.75 Å². The zero-order chi connectivity index (χ0) is 31.7. The number of fused-ring (bicyclic) bond motifs is 4. The van der Waals surface area contributed by atoms with E-state index in [1.54, 1.807) is 7.11 Å². The van der Waals surface area contributed by atoms with Gasteiger partial charge >= 0.3 is 6.09 Å². The molecule has 0 spiro atoms. The number of hydrogen-bond acceptors (Lipinski definition) is 5. The van der Waals surface area contributed by atoms with Crippen LogP contribution in [-0.2, 0) is 4.74 Å². The number of methoxy groups -OCH3 is 1. The number of aromatic nitrogens is 1. The van der Waals surface area contributed by atoms with Crippen LogP contribution < -0.4 is 10.1 Å². The Labute approximate surface area is 273 Å². The molecule has 5 atom stereocenters. The molecule has 4 heterocycles. The molecule has 5 rings (SSSR count). The average Bonchev–Trinajstić information content (AvgIpc) is 3.08. The summed E-state index contributed by atoms with van der Waals surface area (Å²) < 4.78 is 11.9. The smallest absolute Gasteiger partial charge is 0.407 e. The molecule has 3 saturated heterocycles. The van der Waals surface area contributed by atoms with Crippen LogP contribution in [0.15, 0.2) is 43.1 Å². The third kappa shape index (κ3) is 11.0. The second-order valence-corrected chi connectivity index (χ2v) is 13.6. The van der Waals surface area contributed by atoms with Crippen molar-refractivity contribution in [3.63, 3.8) is 0 Å². The van der Waals surface area contributed by atoms with E-state index in [0.29, 0.717) is 18.4 Å². The number of rotatable bonds is 22. The van der Waals surface area contributed by atoms with E-state index in [2.05, 4.69) is 34.8 Å². The zero-order valence-corrected chi connectivity index (χ0v) is 28.4. The van der Waals surface area contributed by atoms with Gasteiger partial charge in [-0.25, -0.2) is 4.79 Å². The highest BCUT2D eigenvalue weighted by Gasteiger charge is 2.44. The summed E-state index contributed by atoms with van der Waals surface area (Å²) in [5.74, 6) is 1.87. The normalized spacial score (nSPS) is 21.5. The number of carbonyl (C=O) groups excluding carboxylic acids is 1. The lowest BCUT2D eigenvalue weighted by atomic mass is 9.73. The fraction of sp³-hybridized carbons (Fsp3) is 0.692. The molecule has 45 heavy (non-hydrogen) atoms. The van der Waals surface area contributed by atoms with Crippen LogP contribution in [0.4, 0.5) is 4.79 Å². The number of nitrogens with one attached hydrogen (secondary N) is 1. The van der Waals surface area contributed by atoms with Crippen LogP contribution in [0.5, 0.6) is 5.75 Å². The van der Waals surface area contributed by atoms with Gasteiger partial charge in [-0.15, -0.1) is 6.58 Å². The maximum absolute atomic E-state index is 13.2. The maximum Gasteiger partial charge on any atom is 0.407 e. The predicted molar refractivity (Wildman–Crippen MR) is 187 cm³/mol. The summed E-state index contributed by atoms with van der Waals surface area (Å²) in [7, 11) is 1.68. The first kappa shape index (κ1) is 35.3. The minimum Gasteiger partial charge on any atom is -0.497 e. The van der Waals surface area contributed by atoms with E-state index in [1.807, 2.05) is 30.5 Å². The average molecular weight is 620 g/mol. The fourth-order valence-electron chi connectivity index (χ4n) is 7.58. The Balaban J connectivity index is 1.17. The molecule has 6 heteroatoms. The Bertz CT molecular complexity index is 1150. The Morgan fingerprint density at radius 3 is 2.20 bits per heavy atom. The molecule has 1 aromatic heterocycles. The standard InChI is InChI=1S/C39H61N3O3/c1-4-6-7-8-9-10-11-12-13-14-15-16-17-18-19-20-25-41-39(43)45-38(37-28-32-24-27-42(37)30-31(32)5-2)34-23-26-40-36-22-21-33(44-3)29-35(34)36/h5,21-23,26,29,31-32,37-38H,2,4,6-20,24-25,27-28,30H2,1,3H3,(H,41,43)/t31-,32-,37-,38+/m0/s1. The number of unbranched alkanes of at least 4 members (excludes halogenated alkanes) is 15. The van der Waals surface area contributed by atoms with Gasteiger partial charge in [-0.3, -0.25) is 9.88 Å². The molecular weight excluding hydrogens is 558 g/mol. The van der Waals surface area contributed by atoms with E-state index in [1.165, 1.54) is 96.3 Å². The predicted octanol–water partition coefficient (Wildman–Crippen LogP) is 10.2. The molecule has 1 N–H and O–H groups in total. The highest BCUT2D eigenvalue weighted by molar-refractivity contribution is 5.84. The largest absolute Gasteiger partial charge is 0.497 e. The van der Waals surface area contributed by atoms with Crippen LogP contribution in [0.1, 0.15) is 134 Å². The van der Waals surface area contributed by atoms with E-state index in [9.17, 15) is 4.79 Å². The zero-order valence-electron chi connectivity index (χ0n) is 28.4. The molecule has 3 aliphatic rings. The molecule has 2 aromatic rings. The Kier molecular flexibility index (Phi) is 15.5. The van der Waals surface area contributed by atoms with Gasteiger partial charge in [0.15, 0.2) is 0 Å². The summed E-state index contributed by atoms with van der Waals surface area (Å²) in [6, 6.07) is 8.08. The first-order valence-electron chi connectivity index (χ1n) is 18.4. The number of ether oxygens (including phenoxy) is 2. The molecule has 1 amide bonds. The lowest BCUT2D eigenvalue weighted by Gasteiger charge is -2.51. The summed E-state index contributed by atoms with van der Waals surface area (Å²) in [5.41, 5.74) is 1.89. The Morgan fingerprint density at radius 1 is 0.978 bits per heavy atom. The number of carbonyl (C=O) groups is 1. The van der Waals surface area contributed by atoms with Gasteiger partial charge in [-0.05, 0) is 61.9 Å². The molecule has 0 aliphatic carbocycles. The van der Waals surface area contributed by atoms with Crippen molar-refractivity contribution in [1.82, 2.24) is 15.2 Å². The number of benzene rings is 1.